The molecule has 1 aliphatic carbocycles. The summed E-state index contributed by atoms with van der Waals surface area (Å²) in [5.41, 5.74) is 2.97. The minimum atomic E-state index is -0.691. The molecule has 1 aliphatic heterocycles. The van der Waals surface area contributed by atoms with Gasteiger partial charge in [0, 0.05) is 12.7 Å². The molecule has 152 valence electrons. The highest BCUT2D eigenvalue weighted by atomic mass is 16.5. The first-order valence-corrected chi connectivity index (χ1v) is 9.64. The summed E-state index contributed by atoms with van der Waals surface area (Å²) < 4.78 is 0. The molecule has 0 bridgehead atoms. The van der Waals surface area contributed by atoms with Crippen molar-refractivity contribution in [1.29, 1.82) is 0 Å². The molecule has 0 spiro atoms. The number of hydrogen-bond donors (Lipinski definition) is 3. The molecule has 0 radical (unpaired) electrons. The maximum Gasteiger partial charge on any atom is 0.250 e. The molecule has 3 amide bonds. The summed E-state index contributed by atoms with van der Waals surface area (Å²) in [6.45, 7) is 0.395. The molecule has 3 rings (SSSR count). The SMILES string of the molecule is O=CN(O)C[C@@H](CC1CCCC1)C(=O)N1NCC[C@H]1C(=O)Nc1cccnn1. The van der Waals surface area contributed by atoms with Gasteiger partial charge in [0.25, 0.3) is 0 Å². The Morgan fingerprint density at radius 3 is 2.86 bits per heavy atom. The quantitative estimate of drug-likeness (QED) is 0.336. The number of hydrogen-bond acceptors (Lipinski definition) is 7. The van der Waals surface area contributed by atoms with Crippen LogP contribution < -0.4 is 10.7 Å². The number of carbonyl (C=O) groups is 3. The predicted octanol–water partition coefficient (Wildman–Crippen LogP) is 0.565. The average molecular weight is 390 g/mol. The summed E-state index contributed by atoms with van der Waals surface area (Å²) in [6.07, 6.45) is 7.19. The highest BCUT2D eigenvalue weighted by Gasteiger charge is 2.39. The van der Waals surface area contributed by atoms with Gasteiger partial charge in [-0.2, -0.15) is 5.10 Å². The lowest BCUT2D eigenvalue weighted by Gasteiger charge is -2.29. The van der Waals surface area contributed by atoms with Crippen molar-refractivity contribution in [2.24, 2.45) is 11.8 Å². The van der Waals surface area contributed by atoms with E-state index in [1.165, 1.54) is 11.2 Å². The maximum atomic E-state index is 13.2. The Balaban J connectivity index is 1.68. The Labute approximate surface area is 163 Å². The molecule has 0 unspecified atom stereocenters. The van der Waals surface area contributed by atoms with Crippen LogP contribution in [0.3, 0.4) is 0 Å². The lowest BCUT2D eigenvalue weighted by Crippen LogP contribution is -2.51. The second-order valence-electron chi connectivity index (χ2n) is 7.33. The van der Waals surface area contributed by atoms with Gasteiger partial charge in [0.05, 0.1) is 12.5 Å². The third kappa shape index (κ3) is 5.02. The fourth-order valence-corrected chi connectivity index (χ4v) is 3.99. The standard InChI is InChI=1S/C18H26N6O4/c25-12-23(28)11-14(10-13-4-1-2-5-13)18(27)24-15(7-9-20-24)17(26)21-16-6-3-8-19-22-16/h3,6,8,12-15,20,28H,1-2,4-5,7,9-11H2,(H,21,22,26)/t14-,15+/m1/s1. The second kappa shape index (κ2) is 9.56. The fourth-order valence-electron chi connectivity index (χ4n) is 3.99. The van der Waals surface area contributed by atoms with Crippen molar-refractivity contribution in [2.45, 2.75) is 44.6 Å². The molecular weight excluding hydrogens is 364 g/mol. The number of rotatable bonds is 8. The fraction of sp³-hybridized carbons (Fsp3) is 0.611. The van der Waals surface area contributed by atoms with E-state index in [2.05, 4.69) is 20.9 Å². The molecule has 0 aromatic carbocycles. The van der Waals surface area contributed by atoms with E-state index in [1.54, 1.807) is 12.1 Å². The van der Waals surface area contributed by atoms with Gasteiger partial charge in [-0.15, -0.1) is 5.10 Å². The molecule has 10 heteroatoms. The predicted molar refractivity (Wildman–Crippen MR) is 98.5 cm³/mol. The number of anilines is 1. The molecule has 2 atom stereocenters. The molecule has 3 N–H and O–H groups in total. The molecule has 2 aliphatic rings. The molecule has 28 heavy (non-hydrogen) atoms. The number of nitrogens with zero attached hydrogens (tertiary/aromatic N) is 4. The largest absolute Gasteiger partial charge is 0.307 e. The van der Waals surface area contributed by atoms with E-state index in [0.29, 0.717) is 42.6 Å². The van der Waals surface area contributed by atoms with Crippen molar-refractivity contribution in [3.05, 3.63) is 18.3 Å². The van der Waals surface area contributed by atoms with Crippen molar-refractivity contribution in [1.82, 2.24) is 25.7 Å². The Bertz CT molecular complexity index is 682. The van der Waals surface area contributed by atoms with Crippen LogP contribution in [0, 0.1) is 11.8 Å². The lowest BCUT2D eigenvalue weighted by atomic mass is 9.92. The van der Waals surface area contributed by atoms with Gasteiger partial charge in [0.2, 0.25) is 18.2 Å². The van der Waals surface area contributed by atoms with Gasteiger partial charge in [0.1, 0.15) is 6.04 Å². The molecule has 2 fully saturated rings. The van der Waals surface area contributed by atoms with E-state index in [-0.39, 0.29) is 18.4 Å². The van der Waals surface area contributed by atoms with E-state index in [9.17, 15) is 19.6 Å². The zero-order valence-corrected chi connectivity index (χ0v) is 15.7. The smallest absolute Gasteiger partial charge is 0.250 e. The number of hydrazine groups is 1. The zero-order chi connectivity index (χ0) is 19.9. The third-order valence-electron chi connectivity index (χ3n) is 5.35. The van der Waals surface area contributed by atoms with Gasteiger partial charge in [-0.05, 0) is 30.9 Å². The summed E-state index contributed by atoms with van der Waals surface area (Å²) in [5.74, 6) is -0.504. The van der Waals surface area contributed by atoms with Crippen LogP contribution in [0.1, 0.15) is 38.5 Å². The zero-order valence-electron chi connectivity index (χ0n) is 15.7. The highest BCUT2D eigenvalue weighted by molar-refractivity contribution is 5.97. The maximum absolute atomic E-state index is 13.2. The lowest BCUT2D eigenvalue weighted by molar-refractivity contribution is -0.159. The monoisotopic (exact) mass is 390 g/mol. The van der Waals surface area contributed by atoms with Gasteiger partial charge in [-0.1, -0.05) is 25.7 Å². The molecule has 1 saturated heterocycles. The number of hydroxylamine groups is 2. The first-order valence-electron chi connectivity index (χ1n) is 9.64. The minimum absolute atomic E-state index is 0.0878. The molecule has 1 saturated carbocycles. The first kappa shape index (κ1) is 20.2. The average Bonchev–Trinajstić information content (AvgIpc) is 3.39. The number of amides is 3. The van der Waals surface area contributed by atoms with Crippen molar-refractivity contribution in [3.63, 3.8) is 0 Å². The van der Waals surface area contributed by atoms with Gasteiger partial charge in [-0.25, -0.2) is 10.5 Å². The Kier molecular flexibility index (Phi) is 6.88. The molecule has 1 aromatic rings. The van der Waals surface area contributed by atoms with Gasteiger partial charge < -0.3 is 5.32 Å². The van der Waals surface area contributed by atoms with Crippen LogP contribution in [0.5, 0.6) is 0 Å². The number of nitrogens with one attached hydrogen (secondary N) is 2. The first-order chi connectivity index (χ1) is 13.6. The normalized spacial score (nSPS) is 20.8. The van der Waals surface area contributed by atoms with Crippen LogP contribution in [0.25, 0.3) is 0 Å². The van der Waals surface area contributed by atoms with Crippen LogP contribution in [-0.4, -0.2) is 62.8 Å². The summed E-state index contributed by atoms with van der Waals surface area (Å²) in [7, 11) is 0. The second-order valence-corrected chi connectivity index (χ2v) is 7.33. The van der Waals surface area contributed by atoms with Crippen LogP contribution in [0.2, 0.25) is 0 Å². The van der Waals surface area contributed by atoms with E-state index in [0.717, 1.165) is 25.7 Å². The van der Waals surface area contributed by atoms with Crippen LogP contribution in [0.4, 0.5) is 5.82 Å². The van der Waals surface area contributed by atoms with Gasteiger partial charge in [-0.3, -0.25) is 24.6 Å². The van der Waals surface area contributed by atoms with Gasteiger partial charge in [0.15, 0.2) is 5.82 Å². The Morgan fingerprint density at radius 1 is 1.39 bits per heavy atom. The molecule has 1 aromatic heterocycles. The topological polar surface area (TPSA) is 128 Å². The van der Waals surface area contributed by atoms with Gasteiger partial charge >= 0.3 is 0 Å². The van der Waals surface area contributed by atoms with Crippen LogP contribution >= 0.6 is 0 Å². The van der Waals surface area contributed by atoms with Crippen molar-refractivity contribution in [2.75, 3.05) is 18.4 Å². The summed E-state index contributed by atoms with van der Waals surface area (Å²) in [6, 6.07) is 2.59. The summed E-state index contributed by atoms with van der Waals surface area (Å²) >= 11 is 0. The Hall–Kier alpha value is -2.59. The van der Waals surface area contributed by atoms with E-state index in [1.807, 2.05) is 0 Å². The minimum Gasteiger partial charge on any atom is -0.307 e. The number of aromatic nitrogens is 2. The summed E-state index contributed by atoms with van der Waals surface area (Å²) in [5, 5.41) is 21.7. The molecule has 10 nitrogen and oxygen atoms in total. The van der Waals surface area contributed by atoms with Crippen molar-refractivity contribution < 1.29 is 19.6 Å². The highest BCUT2D eigenvalue weighted by Crippen LogP contribution is 2.31. The summed E-state index contributed by atoms with van der Waals surface area (Å²) in [4.78, 5) is 36.7. The van der Waals surface area contributed by atoms with E-state index >= 15 is 0 Å². The van der Waals surface area contributed by atoms with Crippen LogP contribution in [0.15, 0.2) is 18.3 Å². The van der Waals surface area contributed by atoms with Crippen molar-refractivity contribution >= 4 is 24.0 Å². The number of carbonyl (C=O) groups excluding carboxylic acids is 3. The van der Waals surface area contributed by atoms with Crippen LogP contribution in [-0.2, 0) is 14.4 Å². The molecule has 2 heterocycles. The van der Waals surface area contributed by atoms with Crippen molar-refractivity contribution in [3.8, 4) is 0 Å². The van der Waals surface area contributed by atoms with E-state index in [4.69, 9.17) is 0 Å². The van der Waals surface area contributed by atoms with E-state index < -0.39 is 12.0 Å². The molecular formula is C18H26N6O4. The Morgan fingerprint density at radius 2 is 2.18 bits per heavy atom. The third-order valence-corrected chi connectivity index (χ3v) is 5.35.